The molecule has 0 unspecified atom stereocenters. The maximum atomic E-state index is 13.1. The average molecular weight is 220 g/mol. The third-order valence-electron chi connectivity index (χ3n) is 2.45. The summed E-state index contributed by atoms with van der Waals surface area (Å²) in [4.78, 5) is 7.21. The normalized spacial score (nSPS) is 10.7. The van der Waals surface area contributed by atoms with Gasteiger partial charge in [-0.05, 0) is 30.7 Å². The van der Waals surface area contributed by atoms with Crippen molar-refractivity contribution in [3.63, 3.8) is 0 Å². The van der Waals surface area contributed by atoms with E-state index in [4.69, 9.17) is 5.11 Å². The summed E-state index contributed by atoms with van der Waals surface area (Å²) in [5.41, 5.74) is 2.35. The summed E-state index contributed by atoms with van der Waals surface area (Å²) in [5, 5.41) is 8.77. The van der Waals surface area contributed by atoms with E-state index in [2.05, 4.69) is 9.97 Å². The first-order chi connectivity index (χ1) is 7.70. The zero-order valence-corrected chi connectivity index (χ0v) is 9.00. The molecule has 2 N–H and O–H groups in total. The van der Waals surface area contributed by atoms with Crippen LogP contribution in [-0.4, -0.2) is 21.7 Å². The standard InChI is InChI=1S/C12H13FN2O/c1-8-6-9(2-3-10(8)13)11-7-14-12(15-11)4-5-16/h2-3,6-7,16H,4-5H2,1H3,(H,14,15). The molecule has 1 heterocycles. The van der Waals surface area contributed by atoms with Crippen LogP contribution >= 0.6 is 0 Å². The molecule has 0 saturated carbocycles. The number of aromatic nitrogens is 2. The monoisotopic (exact) mass is 220 g/mol. The molecule has 16 heavy (non-hydrogen) atoms. The fraction of sp³-hybridized carbons (Fsp3) is 0.250. The van der Waals surface area contributed by atoms with Crippen LogP contribution in [0.1, 0.15) is 11.4 Å². The predicted octanol–water partition coefficient (Wildman–Crippen LogP) is 2.06. The van der Waals surface area contributed by atoms with E-state index >= 15 is 0 Å². The highest BCUT2D eigenvalue weighted by molar-refractivity contribution is 5.59. The predicted molar refractivity (Wildman–Crippen MR) is 59.5 cm³/mol. The van der Waals surface area contributed by atoms with Gasteiger partial charge in [-0.1, -0.05) is 0 Å². The molecule has 4 heteroatoms. The first-order valence-electron chi connectivity index (χ1n) is 5.12. The topological polar surface area (TPSA) is 48.9 Å². The second-order valence-electron chi connectivity index (χ2n) is 3.68. The number of benzene rings is 1. The van der Waals surface area contributed by atoms with Gasteiger partial charge in [-0.15, -0.1) is 0 Å². The van der Waals surface area contributed by atoms with Gasteiger partial charge in [-0.25, -0.2) is 9.37 Å². The Bertz CT molecular complexity index is 494. The molecule has 0 saturated heterocycles. The Balaban J connectivity index is 2.31. The number of aromatic amines is 1. The minimum Gasteiger partial charge on any atom is -0.396 e. The largest absolute Gasteiger partial charge is 0.396 e. The van der Waals surface area contributed by atoms with Crippen molar-refractivity contribution >= 4 is 0 Å². The van der Waals surface area contributed by atoms with Crippen LogP contribution in [-0.2, 0) is 6.42 Å². The van der Waals surface area contributed by atoms with Gasteiger partial charge in [-0.2, -0.15) is 0 Å². The minimum absolute atomic E-state index is 0.0649. The van der Waals surface area contributed by atoms with Gasteiger partial charge in [0.1, 0.15) is 11.6 Å². The molecule has 1 aromatic carbocycles. The van der Waals surface area contributed by atoms with E-state index in [9.17, 15) is 4.39 Å². The number of aryl methyl sites for hydroxylation is 1. The van der Waals surface area contributed by atoms with E-state index in [0.717, 1.165) is 17.1 Å². The van der Waals surface area contributed by atoms with Crippen LogP contribution in [0.25, 0.3) is 11.3 Å². The molecule has 0 aliphatic heterocycles. The molecule has 2 rings (SSSR count). The van der Waals surface area contributed by atoms with Gasteiger partial charge in [0.05, 0.1) is 18.5 Å². The van der Waals surface area contributed by atoms with E-state index in [1.54, 1.807) is 25.3 Å². The summed E-state index contributed by atoms with van der Waals surface area (Å²) in [6.45, 7) is 1.79. The van der Waals surface area contributed by atoms with E-state index in [0.29, 0.717) is 12.0 Å². The Morgan fingerprint density at radius 3 is 2.94 bits per heavy atom. The Labute approximate surface area is 93.0 Å². The lowest BCUT2D eigenvalue weighted by Crippen LogP contribution is -1.92. The van der Waals surface area contributed by atoms with Gasteiger partial charge in [0, 0.05) is 12.0 Å². The van der Waals surface area contributed by atoms with Crippen molar-refractivity contribution in [2.45, 2.75) is 13.3 Å². The zero-order chi connectivity index (χ0) is 11.5. The van der Waals surface area contributed by atoms with Crippen molar-refractivity contribution in [1.82, 2.24) is 9.97 Å². The lowest BCUT2D eigenvalue weighted by atomic mass is 10.1. The van der Waals surface area contributed by atoms with Crippen LogP contribution in [0, 0.1) is 12.7 Å². The van der Waals surface area contributed by atoms with Crippen molar-refractivity contribution in [3.05, 3.63) is 41.6 Å². The number of rotatable bonds is 3. The number of hydrogen-bond acceptors (Lipinski definition) is 2. The van der Waals surface area contributed by atoms with E-state index < -0.39 is 0 Å². The number of H-pyrrole nitrogens is 1. The molecule has 0 atom stereocenters. The summed E-state index contributed by atoms with van der Waals surface area (Å²) >= 11 is 0. The molecule has 0 radical (unpaired) electrons. The quantitative estimate of drug-likeness (QED) is 0.831. The number of imidazole rings is 1. The van der Waals surface area contributed by atoms with Crippen molar-refractivity contribution in [2.24, 2.45) is 0 Å². The summed E-state index contributed by atoms with van der Waals surface area (Å²) in [6, 6.07) is 4.92. The summed E-state index contributed by atoms with van der Waals surface area (Å²) in [6.07, 6.45) is 2.19. The number of halogens is 1. The molecular formula is C12H13FN2O. The molecule has 84 valence electrons. The van der Waals surface area contributed by atoms with E-state index in [-0.39, 0.29) is 12.4 Å². The molecule has 0 amide bonds. The Kier molecular flexibility index (Phi) is 3.01. The third-order valence-corrected chi connectivity index (χ3v) is 2.45. The lowest BCUT2D eigenvalue weighted by Gasteiger charge is -2.00. The van der Waals surface area contributed by atoms with Gasteiger partial charge in [0.2, 0.25) is 0 Å². The minimum atomic E-state index is -0.209. The fourth-order valence-electron chi connectivity index (χ4n) is 1.55. The van der Waals surface area contributed by atoms with Gasteiger partial charge >= 0.3 is 0 Å². The van der Waals surface area contributed by atoms with Crippen LogP contribution in [0.3, 0.4) is 0 Å². The van der Waals surface area contributed by atoms with Crippen LogP contribution < -0.4 is 0 Å². The summed E-state index contributed by atoms with van der Waals surface area (Å²) in [5.74, 6) is 0.526. The van der Waals surface area contributed by atoms with E-state index in [1.165, 1.54) is 6.07 Å². The zero-order valence-electron chi connectivity index (χ0n) is 9.00. The van der Waals surface area contributed by atoms with Gasteiger partial charge in [-0.3, -0.25) is 0 Å². The molecule has 0 bridgehead atoms. The summed E-state index contributed by atoms with van der Waals surface area (Å²) in [7, 11) is 0. The van der Waals surface area contributed by atoms with Crippen molar-refractivity contribution < 1.29 is 9.50 Å². The number of hydrogen-bond donors (Lipinski definition) is 2. The lowest BCUT2D eigenvalue weighted by molar-refractivity contribution is 0.297. The van der Waals surface area contributed by atoms with Crippen molar-refractivity contribution in [2.75, 3.05) is 6.61 Å². The maximum Gasteiger partial charge on any atom is 0.126 e. The Morgan fingerprint density at radius 1 is 1.44 bits per heavy atom. The molecule has 2 aromatic rings. The average Bonchev–Trinajstić information content (AvgIpc) is 2.71. The maximum absolute atomic E-state index is 13.1. The number of aliphatic hydroxyl groups excluding tert-OH is 1. The van der Waals surface area contributed by atoms with Crippen LogP contribution in [0.15, 0.2) is 24.4 Å². The van der Waals surface area contributed by atoms with E-state index in [1.807, 2.05) is 0 Å². The number of nitrogens with one attached hydrogen (secondary N) is 1. The highest BCUT2D eigenvalue weighted by atomic mass is 19.1. The molecular weight excluding hydrogens is 207 g/mol. The first-order valence-corrected chi connectivity index (χ1v) is 5.12. The highest BCUT2D eigenvalue weighted by Crippen LogP contribution is 2.20. The first kappa shape index (κ1) is 10.8. The highest BCUT2D eigenvalue weighted by Gasteiger charge is 2.05. The smallest absolute Gasteiger partial charge is 0.126 e. The Hall–Kier alpha value is -1.68. The van der Waals surface area contributed by atoms with Gasteiger partial charge in [0.15, 0.2) is 0 Å². The second-order valence-corrected chi connectivity index (χ2v) is 3.68. The van der Waals surface area contributed by atoms with Gasteiger partial charge < -0.3 is 10.1 Å². The molecule has 3 nitrogen and oxygen atoms in total. The molecule has 0 fully saturated rings. The number of aliphatic hydroxyl groups is 1. The van der Waals surface area contributed by atoms with Crippen molar-refractivity contribution in [3.8, 4) is 11.3 Å². The molecule has 0 aliphatic rings. The second kappa shape index (κ2) is 4.45. The SMILES string of the molecule is Cc1cc(-c2cnc(CCO)[nH]2)ccc1F. The van der Waals surface area contributed by atoms with Crippen molar-refractivity contribution in [1.29, 1.82) is 0 Å². The Morgan fingerprint density at radius 2 is 2.25 bits per heavy atom. The van der Waals surface area contributed by atoms with Crippen LogP contribution in [0.2, 0.25) is 0 Å². The summed E-state index contributed by atoms with van der Waals surface area (Å²) < 4.78 is 13.1. The molecule has 0 aliphatic carbocycles. The van der Waals surface area contributed by atoms with Crippen LogP contribution in [0.5, 0.6) is 0 Å². The number of nitrogens with zero attached hydrogens (tertiary/aromatic N) is 1. The van der Waals surface area contributed by atoms with Gasteiger partial charge in [0.25, 0.3) is 0 Å². The molecule has 0 spiro atoms. The van der Waals surface area contributed by atoms with Crippen LogP contribution in [0.4, 0.5) is 4.39 Å². The fourth-order valence-corrected chi connectivity index (χ4v) is 1.55. The third kappa shape index (κ3) is 2.12. The molecule has 1 aromatic heterocycles.